The number of piperidine rings is 1. The van der Waals surface area contributed by atoms with Gasteiger partial charge in [-0.15, -0.1) is 0 Å². The molecule has 0 bridgehead atoms. The Kier molecular flexibility index (Phi) is 9.48. The van der Waals surface area contributed by atoms with Crippen LogP contribution in [0.4, 0.5) is 0 Å². The summed E-state index contributed by atoms with van der Waals surface area (Å²) in [5, 5.41) is 0. The highest BCUT2D eigenvalue weighted by molar-refractivity contribution is 5.77. The van der Waals surface area contributed by atoms with Crippen LogP contribution in [0, 0.1) is 0 Å². The van der Waals surface area contributed by atoms with Gasteiger partial charge in [-0.05, 0) is 32.1 Å². The van der Waals surface area contributed by atoms with Crippen LogP contribution in [0.1, 0.15) is 77.6 Å². The van der Waals surface area contributed by atoms with Crippen LogP contribution in [0.5, 0.6) is 0 Å². The van der Waals surface area contributed by atoms with Crippen LogP contribution in [-0.4, -0.2) is 23.9 Å². The molecule has 0 spiro atoms. The molecule has 1 rings (SSSR count). The minimum atomic E-state index is 0.318. The highest BCUT2D eigenvalue weighted by Gasteiger charge is 2.14. The number of carbonyl (C=O) groups is 1. The van der Waals surface area contributed by atoms with Gasteiger partial charge in [0, 0.05) is 19.5 Å². The van der Waals surface area contributed by atoms with Gasteiger partial charge in [-0.2, -0.15) is 0 Å². The largest absolute Gasteiger partial charge is 0.342 e. The molecule has 1 heterocycles. The lowest BCUT2D eigenvalue weighted by molar-refractivity contribution is -0.131. The lowest BCUT2D eigenvalue weighted by atomic mass is 10.1. The van der Waals surface area contributed by atoms with Crippen molar-refractivity contribution in [2.24, 2.45) is 0 Å². The number of allylic oxidation sites excluding steroid dienone is 1. The van der Waals surface area contributed by atoms with Crippen LogP contribution in [0.15, 0.2) is 12.2 Å². The Hall–Kier alpha value is -0.790. The van der Waals surface area contributed by atoms with Crippen molar-refractivity contribution in [2.75, 3.05) is 13.1 Å². The first-order chi connectivity index (χ1) is 9.34. The highest BCUT2D eigenvalue weighted by atomic mass is 16.2. The van der Waals surface area contributed by atoms with E-state index in [-0.39, 0.29) is 0 Å². The van der Waals surface area contributed by atoms with E-state index in [2.05, 4.69) is 19.1 Å². The molecule has 1 aliphatic heterocycles. The highest BCUT2D eigenvalue weighted by Crippen LogP contribution is 2.11. The summed E-state index contributed by atoms with van der Waals surface area (Å²) in [6.07, 6.45) is 17.7. The van der Waals surface area contributed by atoms with E-state index in [1.807, 2.05) is 4.90 Å². The van der Waals surface area contributed by atoms with E-state index in [9.17, 15) is 4.79 Å². The topological polar surface area (TPSA) is 20.3 Å². The van der Waals surface area contributed by atoms with E-state index in [1.54, 1.807) is 0 Å². The molecule has 1 aliphatic rings. The normalized spacial score (nSPS) is 16.2. The van der Waals surface area contributed by atoms with Gasteiger partial charge in [0.1, 0.15) is 0 Å². The summed E-state index contributed by atoms with van der Waals surface area (Å²) in [4.78, 5) is 13.9. The molecular weight excluding hydrogens is 234 g/mol. The first-order valence-electron chi connectivity index (χ1n) is 8.27. The second-order valence-corrected chi connectivity index (χ2v) is 5.67. The number of hydrogen-bond acceptors (Lipinski definition) is 1. The summed E-state index contributed by atoms with van der Waals surface area (Å²) in [6, 6.07) is 0. The van der Waals surface area contributed by atoms with Crippen molar-refractivity contribution in [3.8, 4) is 0 Å². The first-order valence-corrected chi connectivity index (χ1v) is 8.27. The lowest BCUT2D eigenvalue weighted by Gasteiger charge is -2.26. The maximum Gasteiger partial charge on any atom is 0.226 e. The second kappa shape index (κ2) is 11.1. The molecule has 0 aliphatic carbocycles. The van der Waals surface area contributed by atoms with Gasteiger partial charge in [-0.25, -0.2) is 0 Å². The van der Waals surface area contributed by atoms with Gasteiger partial charge in [0.2, 0.25) is 5.91 Å². The van der Waals surface area contributed by atoms with Gasteiger partial charge >= 0.3 is 0 Å². The fourth-order valence-electron chi connectivity index (χ4n) is 2.62. The van der Waals surface area contributed by atoms with Crippen molar-refractivity contribution < 1.29 is 4.79 Å². The molecule has 1 saturated heterocycles. The van der Waals surface area contributed by atoms with Crippen LogP contribution in [0.2, 0.25) is 0 Å². The zero-order valence-electron chi connectivity index (χ0n) is 12.7. The average Bonchev–Trinajstić information content (AvgIpc) is 2.46. The predicted molar refractivity (Wildman–Crippen MR) is 82.2 cm³/mol. The number of unbranched alkanes of at least 4 members (excludes halogenated alkanes) is 6. The van der Waals surface area contributed by atoms with Gasteiger partial charge in [0.25, 0.3) is 0 Å². The average molecular weight is 265 g/mol. The molecule has 0 saturated carbocycles. The van der Waals surface area contributed by atoms with Gasteiger partial charge in [0.05, 0.1) is 0 Å². The number of likely N-dealkylation sites (tertiary alicyclic amines) is 1. The fourth-order valence-corrected chi connectivity index (χ4v) is 2.62. The van der Waals surface area contributed by atoms with Gasteiger partial charge in [-0.1, -0.05) is 51.2 Å². The Labute approximate surface area is 119 Å². The smallest absolute Gasteiger partial charge is 0.226 e. The Balaban J connectivity index is 1.95. The van der Waals surface area contributed by atoms with Gasteiger partial charge < -0.3 is 4.90 Å². The first kappa shape index (κ1) is 16.3. The third-order valence-electron chi connectivity index (χ3n) is 3.89. The van der Waals surface area contributed by atoms with E-state index < -0.39 is 0 Å². The van der Waals surface area contributed by atoms with Crippen molar-refractivity contribution in [1.82, 2.24) is 4.90 Å². The van der Waals surface area contributed by atoms with E-state index in [1.165, 1.54) is 57.8 Å². The number of carbonyl (C=O) groups excluding carboxylic acids is 1. The van der Waals surface area contributed by atoms with Crippen molar-refractivity contribution >= 4 is 5.91 Å². The molecule has 0 aromatic heterocycles. The number of nitrogens with zero attached hydrogens (tertiary/aromatic N) is 1. The standard InChI is InChI=1S/C17H31NO/c1-2-3-4-5-6-7-8-9-11-14-17(19)18-15-12-10-13-16-18/h9,11H,2-8,10,12-16H2,1H3/b11-9+. The van der Waals surface area contributed by atoms with Crippen LogP contribution in [0.3, 0.4) is 0 Å². The molecule has 0 unspecified atom stereocenters. The number of hydrogen-bond donors (Lipinski definition) is 0. The number of amides is 1. The molecule has 2 heteroatoms. The minimum Gasteiger partial charge on any atom is -0.342 e. The monoisotopic (exact) mass is 265 g/mol. The Bertz CT molecular complexity index is 254. The van der Waals surface area contributed by atoms with Gasteiger partial charge in [-0.3, -0.25) is 4.79 Å². The summed E-state index contributed by atoms with van der Waals surface area (Å²) in [5.41, 5.74) is 0. The molecule has 0 radical (unpaired) electrons. The SMILES string of the molecule is CCCCCCCC/C=C/CC(=O)N1CCCCC1. The van der Waals surface area contributed by atoms with Crippen molar-refractivity contribution in [1.29, 1.82) is 0 Å². The van der Waals surface area contributed by atoms with Crippen LogP contribution < -0.4 is 0 Å². The molecule has 0 atom stereocenters. The summed E-state index contributed by atoms with van der Waals surface area (Å²) >= 11 is 0. The van der Waals surface area contributed by atoms with E-state index in [0.29, 0.717) is 12.3 Å². The van der Waals surface area contributed by atoms with E-state index >= 15 is 0 Å². The molecular formula is C17H31NO. The van der Waals surface area contributed by atoms with E-state index in [0.717, 1.165) is 19.5 Å². The second-order valence-electron chi connectivity index (χ2n) is 5.67. The van der Waals surface area contributed by atoms with Gasteiger partial charge in [0.15, 0.2) is 0 Å². The molecule has 110 valence electrons. The third-order valence-corrected chi connectivity index (χ3v) is 3.89. The summed E-state index contributed by atoms with van der Waals surface area (Å²) in [7, 11) is 0. The Morgan fingerprint density at radius 2 is 1.63 bits per heavy atom. The third kappa shape index (κ3) is 8.07. The molecule has 0 N–H and O–H groups in total. The zero-order chi connectivity index (χ0) is 13.8. The molecule has 0 aromatic rings. The number of rotatable bonds is 9. The van der Waals surface area contributed by atoms with Crippen molar-refractivity contribution in [3.05, 3.63) is 12.2 Å². The summed E-state index contributed by atoms with van der Waals surface area (Å²) < 4.78 is 0. The maximum atomic E-state index is 11.9. The quantitative estimate of drug-likeness (QED) is 0.437. The lowest BCUT2D eigenvalue weighted by Crippen LogP contribution is -2.35. The van der Waals surface area contributed by atoms with Crippen LogP contribution >= 0.6 is 0 Å². The molecule has 0 aromatic carbocycles. The maximum absolute atomic E-state index is 11.9. The minimum absolute atomic E-state index is 0.318. The molecule has 1 amide bonds. The van der Waals surface area contributed by atoms with Crippen LogP contribution in [0.25, 0.3) is 0 Å². The van der Waals surface area contributed by atoms with Crippen molar-refractivity contribution in [3.63, 3.8) is 0 Å². The van der Waals surface area contributed by atoms with Crippen molar-refractivity contribution in [2.45, 2.75) is 77.6 Å². The Morgan fingerprint density at radius 3 is 2.37 bits per heavy atom. The zero-order valence-corrected chi connectivity index (χ0v) is 12.7. The molecule has 1 fully saturated rings. The molecule has 19 heavy (non-hydrogen) atoms. The predicted octanol–water partition coefficient (Wildman–Crippen LogP) is 4.70. The van der Waals surface area contributed by atoms with E-state index in [4.69, 9.17) is 0 Å². The van der Waals surface area contributed by atoms with Crippen LogP contribution in [-0.2, 0) is 4.79 Å². The fraction of sp³-hybridized carbons (Fsp3) is 0.824. The molecule has 2 nitrogen and oxygen atoms in total. The summed E-state index contributed by atoms with van der Waals surface area (Å²) in [5.74, 6) is 0.318. The Morgan fingerprint density at radius 1 is 0.947 bits per heavy atom. The summed E-state index contributed by atoms with van der Waals surface area (Å²) in [6.45, 7) is 4.20.